The number of hydrogen-bond donors (Lipinski definition) is 0. The Hall–Kier alpha value is -1.77. The molecule has 0 bridgehead atoms. The fraction of sp³-hybridized carbons (Fsp3) is 0. The van der Waals surface area contributed by atoms with E-state index >= 15 is 0 Å². The van der Waals surface area contributed by atoms with Crippen molar-refractivity contribution in [3.05, 3.63) is 48.7 Å². The lowest BCUT2D eigenvalue weighted by molar-refractivity contribution is 0.585. The molecule has 64 valence electrons. The molecule has 0 unspecified atom stereocenters. The summed E-state index contributed by atoms with van der Waals surface area (Å²) in [5, 5.41) is 0. The van der Waals surface area contributed by atoms with Crippen LogP contribution in [0, 0.1) is 5.95 Å². The second-order valence-corrected chi connectivity index (χ2v) is 2.59. The summed E-state index contributed by atoms with van der Waals surface area (Å²) in [6.07, 6.45) is 3.32. The van der Waals surface area contributed by atoms with Gasteiger partial charge in [0.15, 0.2) is 0 Å². The van der Waals surface area contributed by atoms with Gasteiger partial charge < -0.3 is 0 Å². The maximum absolute atomic E-state index is 12.7. The van der Waals surface area contributed by atoms with Crippen molar-refractivity contribution in [1.29, 1.82) is 0 Å². The number of rotatable bonds is 1. The highest BCUT2D eigenvalue weighted by molar-refractivity contribution is 5.56. The van der Waals surface area contributed by atoms with Crippen molar-refractivity contribution in [2.45, 2.75) is 0 Å². The molecule has 0 aromatic carbocycles. The molecule has 2 aromatic heterocycles. The van der Waals surface area contributed by atoms with Crippen LogP contribution in [0.4, 0.5) is 4.39 Å². The Kier molecular flexibility index (Phi) is 2.00. The molecular formula is C10H7FN2. The number of nitrogens with zero attached hydrogens (tertiary/aromatic N) is 2. The van der Waals surface area contributed by atoms with Crippen LogP contribution in [-0.2, 0) is 0 Å². The van der Waals surface area contributed by atoms with Crippen LogP contribution in [0.5, 0.6) is 0 Å². The molecule has 13 heavy (non-hydrogen) atoms. The zero-order valence-electron chi connectivity index (χ0n) is 6.81. The summed E-state index contributed by atoms with van der Waals surface area (Å²) >= 11 is 0. The molecule has 2 nitrogen and oxygen atoms in total. The summed E-state index contributed by atoms with van der Waals surface area (Å²) in [6.45, 7) is 0. The minimum Gasteiger partial charge on any atom is -0.264 e. The third-order valence-electron chi connectivity index (χ3n) is 1.67. The molecule has 0 fully saturated rings. The zero-order chi connectivity index (χ0) is 9.10. The van der Waals surface area contributed by atoms with E-state index in [9.17, 15) is 4.39 Å². The summed E-state index contributed by atoms with van der Waals surface area (Å²) in [4.78, 5) is 7.67. The Bertz CT molecular complexity index is 401. The largest absolute Gasteiger partial charge is 0.264 e. The molecule has 0 atom stereocenters. The molecule has 2 heterocycles. The molecule has 0 amide bonds. The van der Waals surface area contributed by atoms with Gasteiger partial charge in [0.05, 0.1) is 5.69 Å². The molecule has 3 heteroatoms. The van der Waals surface area contributed by atoms with E-state index in [4.69, 9.17) is 0 Å². The molecule has 0 saturated heterocycles. The monoisotopic (exact) mass is 174 g/mol. The Morgan fingerprint density at radius 3 is 2.69 bits per heavy atom. The molecule has 0 N–H and O–H groups in total. The van der Waals surface area contributed by atoms with Crippen LogP contribution in [0.1, 0.15) is 0 Å². The van der Waals surface area contributed by atoms with E-state index in [1.165, 1.54) is 6.07 Å². The Morgan fingerprint density at radius 1 is 1.08 bits per heavy atom. The van der Waals surface area contributed by atoms with E-state index in [2.05, 4.69) is 9.97 Å². The smallest absolute Gasteiger partial charge is 0.213 e. The molecule has 2 rings (SSSR count). The van der Waals surface area contributed by atoms with Gasteiger partial charge in [0.1, 0.15) is 0 Å². The predicted octanol–water partition coefficient (Wildman–Crippen LogP) is 2.28. The highest BCUT2D eigenvalue weighted by Gasteiger charge is 1.98. The zero-order valence-corrected chi connectivity index (χ0v) is 6.81. The van der Waals surface area contributed by atoms with Crippen molar-refractivity contribution in [2.75, 3.05) is 0 Å². The fourth-order valence-electron chi connectivity index (χ4n) is 1.08. The summed E-state index contributed by atoms with van der Waals surface area (Å²) in [7, 11) is 0. The minimum atomic E-state index is -0.471. The molecular weight excluding hydrogens is 167 g/mol. The predicted molar refractivity (Wildman–Crippen MR) is 47.4 cm³/mol. The van der Waals surface area contributed by atoms with E-state index in [0.717, 1.165) is 5.56 Å². The number of hydrogen-bond acceptors (Lipinski definition) is 2. The van der Waals surface area contributed by atoms with Crippen molar-refractivity contribution in [3.8, 4) is 11.3 Å². The van der Waals surface area contributed by atoms with Gasteiger partial charge in [-0.2, -0.15) is 4.39 Å². The highest BCUT2D eigenvalue weighted by Crippen LogP contribution is 2.14. The standard InChI is InChI=1S/C10H7FN2/c11-10-5-1-4-9(13-10)8-3-2-6-12-7-8/h1-7H. The summed E-state index contributed by atoms with van der Waals surface area (Å²) in [5.41, 5.74) is 1.43. The quantitative estimate of drug-likeness (QED) is 0.620. The van der Waals surface area contributed by atoms with Gasteiger partial charge in [-0.3, -0.25) is 4.98 Å². The second-order valence-electron chi connectivity index (χ2n) is 2.59. The number of aromatic nitrogens is 2. The molecule has 0 radical (unpaired) electrons. The van der Waals surface area contributed by atoms with Crippen molar-refractivity contribution in [2.24, 2.45) is 0 Å². The van der Waals surface area contributed by atoms with Gasteiger partial charge in [0.2, 0.25) is 5.95 Å². The van der Waals surface area contributed by atoms with Crippen LogP contribution in [-0.4, -0.2) is 9.97 Å². The van der Waals surface area contributed by atoms with Gasteiger partial charge in [-0.15, -0.1) is 0 Å². The molecule has 0 aliphatic rings. The Labute approximate surface area is 75.1 Å². The maximum atomic E-state index is 12.7. The Balaban J connectivity index is 2.48. The van der Waals surface area contributed by atoms with Gasteiger partial charge in [-0.1, -0.05) is 6.07 Å². The van der Waals surface area contributed by atoms with Gasteiger partial charge >= 0.3 is 0 Å². The first-order chi connectivity index (χ1) is 6.36. The number of pyridine rings is 2. The van der Waals surface area contributed by atoms with Crippen LogP contribution in [0.15, 0.2) is 42.7 Å². The van der Waals surface area contributed by atoms with Crippen LogP contribution in [0.25, 0.3) is 11.3 Å². The summed E-state index contributed by atoms with van der Waals surface area (Å²) in [6, 6.07) is 8.33. The lowest BCUT2D eigenvalue weighted by atomic mass is 10.2. The first kappa shape index (κ1) is 7.86. The van der Waals surface area contributed by atoms with Crippen LogP contribution in [0.3, 0.4) is 0 Å². The topological polar surface area (TPSA) is 25.8 Å². The lowest BCUT2D eigenvalue weighted by Gasteiger charge is -1.98. The van der Waals surface area contributed by atoms with Gasteiger partial charge in [-0.05, 0) is 24.3 Å². The van der Waals surface area contributed by atoms with Gasteiger partial charge in [0.25, 0.3) is 0 Å². The normalized spacial score (nSPS) is 9.92. The SMILES string of the molecule is Fc1cccc(-c2cccnc2)n1. The van der Waals surface area contributed by atoms with Crippen LogP contribution >= 0.6 is 0 Å². The lowest BCUT2D eigenvalue weighted by Crippen LogP contribution is -1.86. The van der Waals surface area contributed by atoms with Crippen molar-refractivity contribution < 1.29 is 4.39 Å². The average Bonchev–Trinajstić information content (AvgIpc) is 2.19. The third kappa shape index (κ3) is 1.69. The second kappa shape index (κ2) is 3.31. The van der Waals surface area contributed by atoms with E-state index in [-0.39, 0.29) is 0 Å². The van der Waals surface area contributed by atoms with E-state index in [1.807, 2.05) is 6.07 Å². The van der Waals surface area contributed by atoms with Crippen molar-refractivity contribution >= 4 is 0 Å². The Morgan fingerprint density at radius 2 is 2.00 bits per heavy atom. The molecule has 0 aliphatic carbocycles. The first-order valence-corrected chi connectivity index (χ1v) is 3.89. The van der Waals surface area contributed by atoms with Gasteiger partial charge in [-0.25, -0.2) is 4.98 Å². The molecule has 2 aromatic rings. The number of halogens is 1. The van der Waals surface area contributed by atoms with Crippen molar-refractivity contribution in [1.82, 2.24) is 9.97 Å². The molecule has 0 aliphatic heterocycles. The molecule has 0 saturated carbocycles. The van der Waals surface area contributed by atoms with E-state index in [0.29, 0.717) is 5.69 Å². The summed E-state index contributed by atoms with van der Waals surface area (Å²) < 4.78 is 12.7. The van der Waals surface area contributed by atoms with Crippen molar-refractivity contribution in [3.63, 3.8) is 0 Å². The molecule has 0 spiro atoms. The third-order valence-corrected chi connectivity index (χ3v) is 1.67. The van der Waals surface area contributed by atoms with E-state index < -0.39 is 5.95 Å². The minimum absolute atomic E-state index is 0.471. The highest BCUT2D eigenvalue weighted by atomic mass is 19.1. The first-order valence-electron chi connectivity index (χ1n) is 3.89. The maximum Gasteiger partial charge on any atom is 0.213 e. The average molecular weight is 174 g/mol. The fourth-order valence-corrected chi connectivity index (χ4v) is 1.08. The van der Waals surface area contributed by atoms with Crippen LogP contribution < -0.4 is 0 Å². The summed E-state index contributed by atoms with van der Waals surface area (Å²) in [5.74, 6) is -0.471. The van der Waals surface area contributed by atoms with Gasteiger partial charge in [0, 0.05) is 18.0 Å². The van der Waals surface area contributed by atoms with Crippen LogP contribution in [0.2, 0.25) is 0 Å². The van der Waals surface area contributed by atoms with E-state index in [1.54, 1.807) is 30.6 Å².